The van der Waals surface area contributed by atoms with Gasteiger partial charge in [0.1, 0.15) is 0 Å². The largest absolute Gasteiger partial charge is 0.504 e. The zero-order valence-electron chi connectivity index (χ0n) is 13.4. The van der Waals surface area contributed by atoms with E-state index in [-0.39, 0.29) is 17.3 Å². The lowest BCUT2D eigenvalue weighted by atomic mass is 10.1. The van der Waals surface area contributed by atoms with E-state index < -0.39 is 0 Å². The number of allylic oxidation sites excluding steroid dienone is 1. The number of ether oxygens (including phenoxy) is 1. The standard InChI is InChI=1S/C19H15ClN2O3/c1-25-19-10-14(3-9-18(19)24)17(23)8-2-13-11-21-22(12-13)16-6-4-15(20)5-7-16/h2-12,24H,1H3/b8-2+. The Balaban J connectivity index is 1.76. The van der Waals surface area contributed by atoms with Crippen molar-refractivity contribution in [1.29, 1.82) is 0 Å². The summed E-state index contributed by atoms with van der Waals surface area (Å²) in [6.07, 6.45) is 6.61. The maximum atomic E-state index is 12.2. The van der Waals surface area contributed by atoms with Gasteiger partial charge in [0.25, 0.3) is 0 Å². The van der Waals surface area contributed by atoms with Crippen molar-refractivity contribution in [1.82, 2.24) is 9.78 Å². The molecular formula is C19H15ClN2O3. The Hall–Kier alpha value is -3.05. The van der Waals surface area contributed by atoms with Gasteiger partial charge in [0, 0.05) is 22.3 Å². The third-order valence-corrected chi connectivity index (χ3v) is 3.84. The van der Waals surface area contributed by atoms with E-state index in [9.17, 15) is 9.90 Å². The quantitative estimate of drug-likeness (QED) is 0.552. The summed E-state index contributed by atoms with van der Waals surface area (Å²) in [5.41, 5.74) is 2.09. The number of hydrogen-bond acceptors (Lipinski definition) is 4. The van der Waals surface area contributed by atoms with E-state index in [1.54, 1.807) is 35.2 Å². The summed E-state index contributed by atoms with van der Waals surface area (Å²) in [6, 6.07) is 11.8. The number of carbonyl (C=O) groups is 1. The number of ketones is 1. The lowest BCUT2D eigenvalue weighted by molar-refractivity contribution is 0.104. The van der Waals surface area contributed by atoms with Crippen LogP contribution in [0.1, 0.15) is 15.9 Å². The zero-order valence-corrected chi connectivity index (χ0v) is 14.1. The number of hydrogen-bond donors (Lipinski definition) is 1. The van der Waals surface area contributed by atoms with Crippen LogP contribution in [0.2, 0.25) is 5.02 Å². The van der Waals surface area contributed by atoms with Crippen molar-refractivity contribution in [2.24, 2.45) is 0 Å². The summed E-state index contributed by atoms with van der Waals surface area (Å²) in [6.45, 7) is 0. The van der Waals surface area contributed by atoms with Crippen LogP contribution in [0.25, 0.3) is 11.8 Å². The minimum absolute atomic E-state index is 0.00716. The SMILES string of the molecule is COc1cc(C(=O)/C=C/c2cnn(-c3ccc(Cl)cc3)c2)ccc1O. The number of aromatic nitrogens is 2. The minimum Gasteiger partial charge on any atom is -0.504 e. The van der Waals surface area contributed by atoms with Gasteiger partial charge in [-0.15, -0.1) is 0 Å². The van der Waals surface area contributed by atoms with Crippen LogP contribution in [0.15, 0.2) is 60.9 Å². The Kier molecular flexibility index (Phi) is 4.86. The second kappa shape index (κ2) is 7.23. The summed E-state index contributed by atoms with van der Waals surface area (Å²) in [4.78, 5) is 12.2. The first-order valence-corrected chi connectivity index (χ1v) is 7.84. The summed E-state index contributed by atoms with van der Waals surface area (Å²) >= 11 is 5.88. The highest BCUT2D eigenvalue weighted by atomic mass is 35.5. The molecule has 0 radical (unpaired) electrons. The molecule has 0 unspecified atom stereocenters. The van der Waals surface area contributed by atoms with Crippen molar-refractivity contribution in [2.75, 3.05) is 7.11 Å². The summed E-state index contributed by atoms with van der Waals surface area (Å²) in [5.74, 6) is 0.0552. The van der Waals surface area contributed by atoms with E-state index in [2.05, 4.69) is 5.10 Å². The van der Waals surface area contributed by atoms with Gasteiger partial charge in [-0.25, -0.2) is 4.68 Å². The highest BCUT2D eigenvalue weighted by molar-refractivity contribution is 6.30. The van der Waals surface area contributed by atoms with Crippen LogP contribution in [-0.2, 0) is 0 Å². The molecule has 0 aliphatic carbocycles. The second-order valence-electron chi connectivity index (χ2n) is 5.28. The van der Waals surface area contributed by atoms with Crippen LogP contribution >= 0.6 is 11.6 Å². The maximum Gasteiger partial charge on any atom is 0.185 e. The molecule has 1 N–H and O–H groups in total. The molecule has 0 saturated heterocycles. The van der Waals surface area contributed by atoms with Crippen molar-refractivity contribution in [3.05, 3.63) is 77.1 Å². The average Bonchev–Trinajstić information content (AvgIpc) is 3.09. The highest BCUT2D eigenvalue weighted by Gasteiger charge is 2.07. The van der Waals surface area contributed by atoms with Gasteiger partial charge in [0.05, 0.1) is 19.0 Å². The monoisotopic (exact) mass is 354 g/mol. The lowest BCUT2D eigenvalue weighted by Crippen LogP contribution is -1.95. The Morgan fingerprint density at radius 1 is 1.24 bits per heavy atom. The number of aromatic hydroxyl groups is 1. The first-order chi connectivity index (χ1) is 12.1. The molecular weight excluding hydrogens is 340 g/mol. The fraction of sp³-hybridized carbons (Fsp3) is 0.0526. The molecule has 0 fully saturated rings. The van der Waals surface area contributed by atoms with Crippen molar-refractivity contribution in [3.8, 4) is 17.2 Å². The molecule has 0 spiro atoms. The molecule has 3 rings (SSSR count). The predicted octanol–water partition coefficient (Wildman–Crippen LogP) is 4.14. The Morgan fingerprint density at radius 3 is 2.72 bits per heavy atom. The fourth-order valence-corrected chi connectivity index (χ4v) is 2.38. The van der Waals surface area contributed by atoms with Crippen molar-refractivity contribution in [2.45, 2.75) is 0 Å². The molecule has 3 aromatic rings. The highest BCUT2D eigenvalue weighted by Crippen LogP contribution is 2.26. The number of benzene rings is 2. The number of methoxy groups -OCH3 is 1. The maximum absolute atomic E-state index is 12.2. The number of phenolic OH excluding ortho intramolecular Hbond substituents is 1. The smallest absolute Gasteiger partial charge is 0.185 e. The average molecular weight is 355 g/mol. The van der Waals surface area contributed by atoms with E-state index in [0.29, 0.717) is 10.6 Å². The Bertz CT molecular complexity index is 930. The minimum atomic E-state index is -0.197. The van der Waals surface area contributed by atoms with Gasteiger partial charge < -0.3 is 9.84 Å². The Labute approximate surface area is 149 Å². The van der Waals surface area contributed by atoms with Crippen LogP contribution in [0.5, 0.6) is 11.5 Å². The number of nitrogens with zero attached hydrogens (tertiary/aromatic N) is 2. The molecule has 126 valence electrons. The molecule has 0 atom stereocenters. The van der Waals surface area contributed by atoms with Gasteiger partial charge in [-0.1, -0.05) is 11.6 Å². The van der Waals surface area contributed by atoms with Gasteiger partial charge in [0.15, 0.2) is 17.3 Å². The molecule has 1 heterocycles. The van der Waals surface area contributed by atoms with E-state index in [0.717, 1.165) is 11.3 Å². The first-order valence-electron chi connectivity index (χ1n) is 7.47. The molecule has 0 aliphatic heterocycles. The summed E-state index contributed by atoms with van der Waals surface area (Å²) in [7, 11) is 1.43. The van der Waals surface area contributed by atoms with Crippen molar-refractivity contribution >= 4 is 23.5 Å². The van der Waals surface area contributed by atoms with E-state index in [1.165, 1.54) is 25.3 Å². The third kappa shape index (κ3) is 3.89. The first kappa shape index (κ1) is 16.8. The van der Waals surface area contributed by atoms with Crippen LogP contribution in [0.4, 0.5) is 0 Å². The predicted molar refractivity (Wildman–Crippen MR) is 96.6 cm³/mol. The van der Waals surface area contributed by atoms with Crippen molar-refractivity contribution in [3.63, 3.8) is 0 Å². The molecule has 0 saturated carbocycles. The van der Waals surface area contributed by atoms with E-state index in [4.69, 9.17) is 16.3 Å². The second-order valence-corrected chi connectivity index (χ2v) is 5.72. The van der Waals surface area contributed by atoms with Gasteiger partial charge >= 0.3 is 0 Å². The van der Waals surface area contributed by atoms with Crippen LogP contribution in [-0.4, -0.2) is 27.8 Å². The van der Waals surface area contributed by atoms with Gasteiger partial charge in [-0.05, 0) is 54.6 Å². The molecule has 0 amide bonds. The molecule has 5 nitrogen and oxygen atoms in total. The van der Waals surface area contributed by atoms with Gasteiger partial charge in [-0.2, -0.15) is 5.10 Å². The molecule has 0 aliphatic rings. The third-order valence-electron chi connectivity index (χ3n) is 3.59. The van der Waals surface area contributed by atoms with Crippen LogP contribution < -0.4 is 4.74 Å². The van der Waals surface area contributed by atoms with E-state index >= 15 is 0 Å². The van der Waals surface area contributed by atoms with Crippen molar-refractivity contribution < 1.29 is 14.6 Å². The zero-order chi connectivity index (χ0) is 17.8. The summed E-state index contributed by atoms with van der Waals surface area (Å²) in [5, 5.41) is 14.5. The van der Waals surface area contributed by atoms with Gasteiger partial charge in [0.2, 0.25) is 0 Å². The number of carbonyl (C=O) groups excluding carboxylic acids is 1. The molecule has 2 aromatic carbocycles. The van der Waals surface area contributed by atoms with Crippen LogP contribution in [0.3, 0.4) is 0 Å². The number of rotatable bonds is 5. The molecule has 0 bridgehead atoms. The van der Waals surface area contributed by atoms with Gasteiger partial charge in [-0.3, -0.25) is 4.79 Å². The lowest BCUT2D eigenvalue weighted by Gasteiger charge is -2.04. The molecule has 6 heteroatoms. The Morgan fingerprint density at radius 2 is 2.00 bits per heavy atom. The number of halogens is 1. The topological polar surface area (TPSA) is 64.3 Å². The van der Waals surface area contributed by atoms with E-state index in [1.807, 2.05) is 18.3 Å². The summed E-state index contributed by atoms with van der Waals surface area (Å²) < 4.78 is 6.71. The fourth-order valence-electron chi connectivity index (χ4n) is 2.26. The van der Waals surface area contributed by atoms with Crippen LogP contribution in [0, 0.1) is 0 Å². The molecule has 1 aromatic heterocycles. The normalized spacial score (nSPS) is 11.0. The number of phenols is 1. The molecule has 25 heavy (non-hydrogen) atoms.